The normalized spacial score (nSPS) is 10.4. The van der Waals surface area contributed by atoms with Gasteiger partial charge in [0.15, 0.2) is 11.5 Å². The van der Waals surface area contributed by atoms with Gasteiger partial charge in [0.25, 0.3) is 5.91 Å². The third-order valence-electron chi connectivity index (χ3n) is 5.18. The minimum absolute atomic E-state index is 0.157. The molecule has 1 amide bonds. The molecule has 0 unspecified atom stereocenters. The van der Waals surface area contributed by atoms with Crippen molar-refractivity contribution in [3.63, 3.8) is 0 Å². The Hall–Kier alpha value is -3.47. The van der Waals surface area contributed by atoms with Crippen LogP contribution in [0.4, 0.5) is 5.69 Å². The summed E-state index contributed by atoms with van der Waals surface area (Å²) in [5.74, 6) is 1.20. The molecule has 0 spiro atoms. The average Bonchev–Trinajstić information content (AvgIpc) is 2.78. The third kappa shape index (κ3) is 4.40. The maximum atomic E-state index is 13.2. The molecule has 0 aliphatic rings. The van der Waals surface area contributed by atoms with Gasteiger partial charge in [-0.3, -0.25) is 4.79 Å². The van der Waals surface area contributed by atoms with Crippen LogP contribution in [0.1, 0.15) is 27.0 Å². The standard InChI is InChI=1S/C25H27NO4/c1-17-10-9-13-21(18(17)2)26(3)25(27)20-14-22(28-4)24(23(15-20)29-5)30-16-19-11-7-6-8-12-19/h6-15H,16H2,1-5H3. The molecule has 3 aromatic carbocycles. The third-order valence-corrected chi connectivity index (χ3v) is 5.18. The van der Waals surface area contributed by atoms with Gasteiger partial charge in [-0.05, 0) is 48.7 Å². The molecule has 0 bridgehead atoms. The van der Waals surface area contributed by atoms with Crippen molar-refractivity contribution in [2.24, 2.45) is 0 Å². The highest BCUT2D eigenvalue weighted by molar-refractivity contribution is 6.07. The Labute approximate surface area is 177 Å². The van der Waals surface area contributed by atoms with E-state index in [9.17, 15) is 4.79 Å². The van der Waals surface area contributed by atoms with Gasteiger partial charge in [0.05, 0.1) is 14.2 Å². The summed E-state index contributed by atoms with van der Waals surface area (Å²) in [5, 5.41) is 0. The molecule has 0 radical (unpaired) electrons. The minimum atomic E-state index is -0.157. The van der Waals surface area contributed by atoms with Crippen molar-refractivity contribution in [3.05, 3.63) is 82.9 Å². The van der Waals surface area contributed by atoms with Crippen LogP contribution in [0.3, 0.4) is 0 Å². The van der Waals surface area contributed by atoms with E-state index < -0.39 is 0 Å². The Kier molecular flexibility index (Phi) is 6.62. The lowest BCUT2D eigenvalue weighted by atomic mass is 10.1. The van der Waals surface area contributed by atoms with Crippen LogP contribution < -0.4 is 19.1 Å². The van der Waals surface area contributed by atoms with Gasteiger partial charge in [-0.15, -0.1) is 0 Å². The molecule has 0 saturated heterocycles. The number of hydrogen-bond acceptors (Lipinski definition) is 4. The Morgan fingerprint density at radius 2 is 1.53 bits per heavy atom. The Morgan fingerprint density at radius 1 is 0.900 bits per heavy atom. The van der Waals surface area contributed by atoms with Gasteiger partial charge in [0.1, 0.15) is 6.61 Å². The van der Waals surface area contributed by atoms with Gasteiger partial charge in [0, 0.05) is 18.3 Å². The molecule has 0 aliphatic carbocycles. The van der Waals surface area contributed by atoms with Crippen molar-refractivity contribution in [2.45, 2.75) is 20.5 Å². The lowest BCUT2D eigenvalue weighted by Gasteiger charge is -2.22. The smallest absolute Gasteiger partial charge is 0.258 e. The molecule has 3 aromatic rings. The summed E-state index contributed by atoms with van der Waals surface area (Å²) >= 11 is 0. The van der Waals surface area contributed by atoms with Crippen LogP contribution in [0, 0.1) is 13.8 Å². The van der Waals surface area contributed by atoms with Gasteiger partial charge in [-0.1, -0.05) is 42.5 Å². The van der Waals surface area contributed by atoms with Gasteiger partial charge in [-0.2, -0.15) is 0 Å². The lowest BCUT2D eigenvalue weighted by Crippen LogP contribution is -2.27. The number of anilines is 1. The molecule has 0 N–H and O–H groups in total. The van der Waals surface area contributed by atoms with Crippen LogP contribution >= 0.6 is 0 Å². The van der Waals surface area contributed by atoms with Crippen LogP contribution in [0.25, 0.3) is 0 Å². The minimum Gasteiger partial charge on any atom is -0.493 e. The SMILES string of the molecule is COc1cc(C(=O)N(C)c2cccc(C)c2C)cc(OC)c1OCc1ccccc1. The summed E-state index contributed by atoms with van der Waals surface area (Å²) in [7, 11) is 4.86. The zero-order valence-corrected chi connectivity index (χ0v) is 18.1. The van der Waals surface area contributed by atoms with Crippen LogP contribution in [0.2, 0.25) is 0 Å². The second-order valence-corrected chi connectivity index (χ2v) is 7.07. The molecule has 0 atom stereocenters. The number of ether oxygens (including phenoxy) is 3. The number of carbonyl (C=O) groups excluding carboxylic acids is 1. The zero-order chi connectivity index (χ0) is 21.7. The van der Waals surface area contributed by atoms with Gasteiger partial charge < -0.3 is 19.1 Å². The predicted molar refractivity (Wildman–Crippen MR) is 119 cm³/mol. The van der Waals surface area contributed by atoms with Crippen molar-refractivity contribution in [1.29, 1.82) is 0 Å². The van der Waals surface area contributed by atoms with Crippen molar-refractivity contribution < 1.29 is 19.0 Å². The van der Waals surface area contributed by atoms with E-state index in [4.69, 9.17) is 14.2 Å². The van der Waals surface area contributed by atoms with E-state index in [1.807, 2.05) is 62.4 Å². The molecular formula is C25H27NO4. The maximum Gasteiger partial charge on any atom is 0.258 e. The summed E-state index contributed by atoms with van der Waals surface area (Å²) < 4.78 is 17.0. The quantitative estimate of drug-likeness (QED) is 0.544. The first-order valence-electron chi connectivity index (χ1n) is 9.73. The van der Waals surface area contributed by atoms with E-state index in [0.717, 1.165) is 22.4 Å². The molecule has 0 aliphatic heterocycles. The zero-order valence-electron chi connectivity index (χ0n) is 18.1. The lowest BCUT2D eigenvalue weighted by molar-refractivity contribution is 0.0992. The predicted octanol–water partition coefficient (Wildman–Crippen LogP) is 5.18. The van der Waals surface area contributed by atoms with Crippen molar-refractivity contribution >= 4 is 11.6 Å². The highest BCUT2D eigenvalue weighted by Gasteiger charge is 2.21. The second-order valence-electron chi connectivity index (χ2n) is 7.07. The van der Waals surface area contributed by atoms with Crippen LogP contribution in [0.5, 0.6) is 17.2 Å². The first-order chi connectivity index (χ1) is 14.5. The average molecular weight is 405 g/mol. The number of aryl methyl sites for hydroxylation is 1. The molecule has 0 aromatic heterocycles. The van der Waals surface area contributed by atoms with Crippen LogP contribution in [-0.4, -0.2) is 27.2 Å². The van der Waals surface area contributed by atoms with Gasteiger partial charge in [-0.25, -0.2) is 0 Å². The molecule has 156 valence electrons. The highest BCUT2D eigenvalue weighted by atomic mass is 16.5. The summed E-state index contributed by atoms with van der Waals surface area (Å²) in [6.45, 7) is 4.40. The molecule has 30 heavy (non-hydrogen) atoms. The number of benzene rings is 3. The summed E-state index contributed by atoms with van der Waals surface area (Å²) in [6, 6.07) is 19.1. The van der Waals surface area contributed by atoms with E-state index in [0.29, 0.717) is 29.4 Å². The Balaban J connectivity index is 1.92. The van der Waals surface area contributed by atoms with Crippen LogP contribution in [0.15, 0.2) is 60.7 Å². The summed E-state index contributed by atoms with van der Waals surface area (Å²) in [5.41, 5.74) is 4.54. The first-order valence-corrected chi connectivity index (χ1v) is 9.73. The number of rotatable bonds is 7. The molecule has 5 heteroatoms. The van der Waals surface area contributed by atoms with Crippen molar-refractivity contribution in [2.75, 3.05) is 26.2 Å². The second kappa shape index (κ2) is 9.35. The Bertz CT molecular complexity index is 1010. The monoisotopic (exact) mass is 405 g/mol. The van der Waals surface area contributed by atoms with Crippen molar-refractivity contribution in [3.8, 4) is 17.2 Å². The topological polar surface area (TPSA) is 48.0 Å². The fourth-order valence-corrected chi connectivity index (χ4v) is 3.28. The number of amides is 1. The summed E-state index contributed by atoms with van der Waals surface area (Å²) in [4.78, 5) is 14.8. The van der Waals surface area contributed by atoms with Crippen molar-refractivity contribution in [1.82, 2.24) is 0 Å². The van der Waals surface area contributed by atoms with E-state index in [2.05, 4.69) is 0 Å². The number of hydrogen-bond donors (Lipinski definition) is 0. The van der Waals surface area contributed by atoms with E-state index in [1.54, 1.807) is 38.3 Å². The molecule has 5 nitrogen and oxygen atoms in total. The van der Waals surface area contributed by atoms with Gasteiger partial charge >= 0.3 is 0 Å². The van der Waals surface area contributed by atoms with E-state index in [1.165, 1.54) is 0 Å². The molecule has 0 saturated carbocycles. The summed E-state index contributed by atoms with van der Waals surface area (Å²) in [6.07, 6.45) is 0. The molecule has 3 rings (SSSR count). The van der Waals surface area contributed by atoms with E-state index >= 15 is 0 Å². The van der Waals surface area contributed by atoms with E-state index in [-0.39, 0.29) is 5.91 Å². The first kappa shape index (κ1) is 21.2. The molecular weight excluding hydrogens is 378 g/mol. The largest absolute Gasteiger partial charge is 0.493 e. The van der Waals surface area contributed by atoms with Crippen LogP contribution in [-0.2, 0) is 6.61 Å². The molecule has 0 fully saturated rings. The Morgan fingerprint density at radius 3 is 2.13 bits per heavy atom. The number of methoxy groups -OCH3 is 2. The fraction of sp³-hybridized carbons (Fsp3) is 0.240. The molecule has 0 heterocycles. The number of carbonyl (C=O) groups is 1. The fourth-order valence-electron chi connectivity index (χ4n) is 3.28. The number of nitrogens with zero attached hydrogens (tertiary/aromatic N) is 1. The highest BCUT2D eigenvalue weighted by Crippen LogP contribution is 2.39. The maximum absolute atomic E-state index is 13.2. The van der Waals surface area contributed by atoms with Gasteiger partial charge in [0.2, 0.25) is 5.75 Å².